The Morgan fingerprint density at radius 2 is 2.05 bits per heavy atom. The second-order valence-corrected chi connectivity index (χ2v) is 6.00. The van der Waals surface area contributed by atoms with E-state index >= 15 is 0 Å². The highest BCUT2D eigenvalue weighted by Gasteiger charge is 2.20. The van der Waals surface area contributed by atoms with Crippen LogP contribution in [0.15, 0.2) is 28.9 Å². The number of aryl methyl sites for hydroxylation is 2. The molecule has 1 saturated carbocycles. The van der Waals surface area contributed by atoms with E-state index in [0.29, 0.717) is 12.1 Å². The number of ether oxygens (including phenoxy) is 1. The molecule has 0 spiro atoms. The zero-order valence-corrected chi connectivity index (χ0v) is 12.1. The number of nitrogens with zero attached hydrogens (tertiary/aromatic N) is 1. The van der Waals surface area contributed by atoms with E-state index in [1.807, 2.05) is 6.07 Å². The summed E-state index contributed by atoms with van der Waals surface area (Å²) in [4.78, 5) is 4.37. The summed E-state index contributed by atoms with van der Waals surface area (Å²) in [6.45, 7) is 0.752. The molecule has 1 fully saturated rings. The number of nitrogens with one attached hydrogen (secondary N) is 1. The van der Waals surface area contributed by atoms with Gasteiger partial charge >= 0.3 is 6.08 Å². The fourth-order valence-corrected chi connectivity index (χ4v) is 2.83. The molecule has 4 heteroatoms. The fraction of sp³-hybridized carbons (Fsp3) is 0.471. The minimum absolute atomic E-state index is 0.332. The van der Waals surface area contributed by atoms with Crippen molar-refractivity contribution in [1.29, 1.82) is 0 Å². The van der Waals surface area contributed by atoms with E-state index in [0.717, 1.165) is 24.4 Å². The summed E-state index contributed by atoms with van der Waals surface area (Å²) in [5, 5.41) is 3.41. The molecule has 0 atom stereocenters. The molecule has 2 aliphatic carbocycles. The quantitative estimate of drug-likeness (QED) is 0.911. The number of benzene rings is 1. The number of hydrogen-bond donors (Lipinski definition) is 1. The molecular formula is C17H20N2O2. The van der Waals surface area contributed by atoms with Crippen LogP contribution < -0.4 is 10.1 Å². The molecule has 21 heavy (non-hydrogen) atoms. The van der Waals surface area contributed by atoms with E-state index in [1.165, 1.54) is 43.2 Å². The maximum atomic E-state index is 5.74. The molecule has 0 aliphatic heterocycles. The SMILES string of the molecule is c1cc2c(cc1Oc1nc(CNC3CC3)co1)CCCC2. The van der Waals surface area contributed by atoms with Crippen LogP contribution in [0.5, 0.6) is 11.8 Å². The number of rotatable bonds is 5. The summed E-state index contributed by atoms with van der Waals surface area (Å²) < 4.78 is 11.1. The van der Waals surface area contributed by atoms with Gasteiger partial charge in [0.1, 0.15) is 12.0 Å². The Hall–Kier alpha value is -1.81. The fourth-order valence-electron chi connectivity index (χ4n) is 2.83. The monoisotopic (exact) mass is 284 g/mol. The van der Waals surface area contributed by atoms with Crippen molar-refractivity contribution in [1.82, 2.24) is 10.3 Å². The summed E-state index contributed by atoms with van der Waals surface area (Å²) in [7, 11) is 0. The Kier molecular flexibility index (Phi) is 3.39. The van der Waals surface area contributed by atoms with Crippen molar-refractivity contribution in [2.24, 2.45) is 0 Å². The van der Waals surface area contributed by atoms with Crippen LogP contribution in [0, 0.1) is 0 Å². The van der Waals surface area contributed by atoms with Crippen LogP contribution >= 0.6 is 0 Å². The minimum Gasteiger partial charge on any atom is -0.417 e. The zero-order chi connectivity index (χ0) is 14.1. The lowest BCUT2D eigenvalue weighted by molar-refractivity contribution is 0.330. The van der Waals surface area contributed by atoms with E-state index in [9.17, 15) is 0 Å². The molecule has 0 saturated heterocycles. The van der Waals surface area contributed by atoms with Crippen LogP contribution in [0.2, 0.25) is 0 Å². The molecule has 0 unspecified atom stereocenters. The van der Waals surface area contributed by atoms with E-state index in [-0.39, 0.29) is 0 Å². The Bertz CT molecular complexity index is 631. The van der Waals surface area contributed by atoms with Crippen LogP contribution in [0.3, 0.4) is 0 Å². The van der Waals surface area contributed by atoms with Crippen molar-refractivity contribution in [2.45, 2.75) is 51.1 Å². The largest absolute Gasteiger partial charge is 0.417 e. The highest BCUT2D eigenvalue weighted by atomic mass is 16.6. The summed E-state index contributed by atoms with van der Waals surface area (Å²) in [5.41, 5.74) is 3.76. The Morgan fingerprint density at radius 1 is 1.19 bits per heavy atom. The predicted molar refractivity (Wildman–Crippen MR) is 79.5 cm³/mol. The van der Waals surface area contributed by atoms with E-state index < -0.39 is 0 Å². The maximum absolute atomic E-state index is 5.74. The van der Waals surface area contributed by atoms with Crippen LogP contribution in [0.25, 0.3) is 0 Å². The van der Waals surface area contributed by atoms with Gasteiger partial charge in [-0.3, -0.25) is 0 Å². The minimum atomic E-state index is 0.332. The van der Waals surface area contributed by atoms with Crippen LogP contribution in [-0.2, 0) is 19.4 Å². The van der Waals surface area contributed by atoms with Gasteiger partial charge in [0.2, 0.25) is 0 Å². The van der Waals surface area contributed by atoms with Crippen molar-refractivity contribution in [2.75, 3.05) is 0 Å². The van der Waals surface area contributed by atoms with Crippen molar-refractivity contribution in [3.05, 3.63) is 41.3 Å². The van der Waals surface area contributed by atoms with Crippen molar-refractivity contribution in [3.8, 4) is 11.8 Å². The molecule has 1 heterocycles. The van der Waals surface area contributed by atoms with E-state index in [4.69, 9.17) is 9.15 Å². The molecule has 1 aromatic heterocycles. The van der Waals surface area contributed by atoms with Gasteiger partial charge in [-0.2, -0.15) is 4.98 Å². The second-order valence-electron chi connectivity index (χ2n) is 6.00. The van der Waals surface area contributed by atoms with Gasteiger partial charge in [0, 0.05) is 12.6 Å². The molecule has 0 amide bonds. The van der Waals surface area contributed by atoms with Gasteiger partial charge in [-0.05, 0) is 61.8 Å². The van der Waals surface area contributed by atoms with Gasteiger partial charge in [-0.15, -0.1) is 0 Å². The normalized spacial score (nSPS) is 17.5. The smallest absolute Gasteiger partial charge is 0.399 e. The first kappa shape index (κ1) is 12.9. The second kappa shape index (κ2) is 5.53. The molecule has 2 aromatic rings. The molecule has 1 aromatic carbocycles. The Balaban J connectivity index is 1.42. The molecule has 2 aliphatic rings. The third kappa shape index (κ3) is 3.10. The third-order valence-corrected chi connectivity index (χ3v) is 4.21. The lowest BCUT2D eigenvalue weighted by Gasteiger charge is -2.15. The van der Waals surface area contributed by atoms with Gasteiger partial charge in [0.25, 0.3) is 0 Å². The number of aromatic nitrogens is 1. The molecule has 110 valence electrons. The summed E-state index contributed by atoms with van der Waals surface area (Å²) in [6, 6.07) is 6.98. The molecule has 1 N–H and O–H groups in total. The first-order valence-corrected chi connectivity index (χ1v) is 7.84. The highest BCUT2D eigenvalue weighted by molar-refractivity contribution is 5.38. The standard InChI is InChI=1S/C17H20N2O2/c1-2-4-13-9-16(8-5-12(13)3-1)21-17-19-15(11-20-17)10-18-14-6-7-14/h5,8-9,11,14,18H,1-4,6-7,10H2. The predicted octanol–water partition coefficient (Wildman–Crippen LogP) is 3.60. The lowest BCUT2D eigenvalue weighted by Crippen LogP contribution is -2.15. The topological polar surface area (TPSA) is 47.3 Å². The number of oxazole rings is 1. The summed E-state index contributed by atoms with van der Waals surface area (Å²) in [5.74, 6) is 0.819. The first-order valence-electron chi connectivity index (χ1n) is 7.84. The van der Waals surface area contributed by atoms with Crippen molar-refractivity contribution in [3.63, 3.8) is 0 Å². The number of fused-ring (bicyclic) bond motifs is 1. The van der Waals surface area contributed by atoms with Crippen molar-refractivity contribution >= 4 is 0 Å². The molecule has 4 nitrogen and oxygen atoms in total. The van der Waals surface area contributed by atoms with Gasteiger partial charge in [-0.1, -0.05) is 6.07 Å². The van der Waals surface area contributed by atoms with Crippen LogP contribution in [0.1, 0.15) is 42.5 Å². The van der Waals surface area contributed by atoms with E-state index in [2.05, 4.69) is 22.4 Å². The summed E-state index contributed by atoms with van der Waals surface area (Å²) >= 11 is 0. The van der Waals surface area contributed by atoms with Crippen molar-refractivity contribution < 1.29 is 9.15 Å². The lowest BCUT2D eigenvalue weighted by atomic mass is 9.92. The Labute approximate surface area is 124 Å². The highest BCUT2D eigenvalue weighted by Crippen LogP contribution is 2.28. The summed E-state index contributed by atoms with van der Waals surface area (Å²) in [6.07, 6.45) is 9.45. The average molecular weight is 284 g/mol. The first-order chi connectivity index (χ1) is 10.4. The van der Waals surface area contributed by atoms with Gasteiger partial charge in [0.05, 0.1) is 5.69 Å². The van der Waals surface area contributed by atoms with E-state index in [1.54, 1.807) is 6.26 Å². The molecule has 0 radical (unpaired) electrons. The molecule has 4 rings (SSSR count). The third-order valence-electron chi connectivity index (χ3n) is 4.21. The van der Waals surface area contributed by atoms with Gasteiger partial charge in [0.15, 0.2) is 0 Å². The average Bonchev–Trinajstić information content (AvgIpc) is 3.25. The van der Waals surface area contributed by atoms with Gasteiger partial charge in [-0.25, -0.2) is 0 Å². The number of hydrogen-bond acceptors (Lipinski definition) is 4. The van der Waals surface area contributed by atoms with Crippen LogP contribution in [0.4, 0.5) is 0 Å². The molecule has 0 bridgehead atoms. The Morgan fingerprint density at radius 3 is 2.90 bits per heavy atom. The maximum Gasteiger partial charge on any atom is 0.399 e. The zero-order valence-electron chi connectivity index (χ0n) is 12.1. The van der Waals surface area contributed by atoms with Gasteiger partial charge < -0.3 is 14.5 Å². The van der Waals surface area contributed by atoms with Crippen LogP contribution in [-0.4, -0.2) is 11.0 Å². The molecular weight excluding hydrogens is 264 g/mol.